The molecule has 1 heterocycles. The monoisotopic (exact) mass is 251 g/mol. The Bertz CT molecular complexity index is 465. The highest BCUT2D eigenvalue weighted by Crippen LogP contribution is 2.09. The van der Waals surface area contributed by atoms with E-state index in [4.69, 9.17) is 10.5 Å². The van der Waals surface area contributed by atoms with Crippen LogP contribution in [-0.4, -0.2) is 21.9 Å². The van der Waals surface area contributed by atoms with E-state index < -0.39 is 0 Å². The first-order valence-electron chi connectivity index (χ1n) is 4.76. The van der Waals surface area contributed by atoms with Crippen LogP contribution >= 0.6 is 12.2 Å². The molecule has 0 aliphatic rings. The first-order valence-corrected chi connectivity index (χ1v) is 5.17. The summed E-state index contributed by atoms with van der Waals surface area (Å²) in [5, 5.41) is 0.214. The molecule has 0 saturated carbocycles. The Morgan fingerprint density at radius 2 is 2.18 bits per heavy atom. The number of imidazole rings is 1. The summed E-state index contributed by atoms with van der Waals surface area (Å²) in [6, 6.07) is 7.85. The number of hydrazine groups is 1. The molecule has 0 fully saturated rings. The Morgan fingerprint density at radius 1 is 1.47 bits per heavy atom. The summed E-state index contributed by atoms with van der Waals surface area (Å²) in [6.45, 7) is 2.53. The van der Waals surface area contributed by atoms with Gasteiger partial charge in [0.25, 0.3) is 0 Å². The van der Waals surface area contributed by atoms with E-state index in [0.717, 1.165) is 16.9 Å². The molecule has 17 heavy (non-hydrogen) atoms. The molecule has 0 saturated heterocycles. The second-order valence-electron chi connectivity index (χ2n) is 3.04. The van der Waals surface area contributed by atoms with Crippen molar-refractivity contribution in [3.05, 3.63) is 30.1 Å². The first-order chi connectivity index (χ1) is 8.25. The molecule has 0 unspecified atom stereocenters. The number of aromatic nitrogens is 2. The zero-order valence-corrected chi connectivity index (χ0v) is 9.88. The molecule has 7 heteroatoms. The van der Waals surface area contributed by atoms with Crippen LogP contribution in [-0.2, 0) is 11.3 Å². The zero-order chi connectivity index (χ0) is 12.7. The summed E-state index contributed by atoms with van der Waals surface area (Å²) in [4.78, 5) is 15.5. The van der Waals surface area contributed by atoms with Gasteiger partial charge in [0.2, 0.25) is 0 Å². The zero-order valence-electron chi connectivity index (χ0n) is 9.06. The molecule has 0 radical (unpaired) electrons. The van der Waals surface area contributed by atoms with Gasteiger partial charge in [-0.3, -0.25) is 5.43 Å². The van der Waals surface area contributed by atoms with Gasteiger partial charge in [-0.25, -0.2) is 10.4 Å². The highest BCUT2D eigenvalue weighted by atomic mass is 32.1. The summed E-state index contributed by atoms with van der Waals surface area (Å²) < 4.78 is 0. The molecular formula is C10H13N5OS. The number of H-pyrrole nitrogens is 1. The molecule has 1 aromatic heterocycles. The molecular weight excluding hydrogens is 238 g/mol. The minimum absolute atomic E-state index is 0.214. The molecule has 0 atom stereocenters. The topological polar surface area (TPSA) is 95.8 Å². The van der Waals surface area contributed by atoms with E-state index in [2.05, 4.69) is 33.0 Å². The van der Waals surface area contributed by atoms with Gasteiger partial charge in [0.15, 0.2) is 5.11 Å². The fourth-order valence-electron chi connectivity index (χ4n) is 1.30. The average Bonchev–Trinajstić information content (AvgIpc) is 2.73. The van der Waals surface area contributed by atoms with Gasteiger partial charge in [-0.2, -0.15) is 0 Å². The maximum Gasteiger partial charge on any atom is 0.178 e. The summed E-state index contributed by atoms with van der Waals surface area (Å²) in [6.07, 6.45) is 0. The van der Waals surface area contributed by atoms with Crippen LogP contribution in [0.15, 0.2) is 24.3 Å². The molecule has 5 N–H and O–H groups in total. The highest BCUT2D eigenvalue weighted by Gasteiger charge is 2.00. The number of benzene rings is 1. The van der Waals surface area contributed by atoms with Crippen molar-refractivity contribution in [2.45, 2.75) is 6.54 Å². The van der Waals surface area contributed by atoms with Crippen LogP contribution in [0.5, 0.6) is 0 Å². The van der Waals surface area contributed by atoms with Gasteiger partial charge in [-0.05, 0) is 24.4 Å². The van der Waals surface area contributed by atoms with E-state index in [1.54, 1.807) is 0 Å². The number of rotatable bonds is 3. The van der Waals surface area contributed by atoms with Gasteiger partial charge in [-0.1, -0.05) is 12.1 Å². The quantitative estimate of drug-likeness (QED) is 0.460. The van der Waals surface area contributed by atoms with Crippen molar-refractivity contribution in [2.75, 3.05) is 0 Å². The normalized spacial score (nSPS) is 9.41. The predicted octanol–water partition coefficient (Wildman–Crippen LogP) is 0.216. The van der Waals surface area contributed by atoms with Crippen molar-refractivity contribution in [3.63, 3.8) is 0 Å². The number of fused-ring (bicyclic) bond motifs is 1. The lowest BCUT2D eigenvalue weighted by molar-refractivity contribution is -0.0979. The third kappa shape index (κ3) is 3.82. The molecule has 0 aliphatic carbocycles. The lowest BCUT2D eigenvalue weighted by Gasteiger charge is -2.02. The van der Waals surface area contributed by atoms with E-state index in [0.29, 0.717) is 6.54 Å². The predicted molar refractivity (Wildman–Crippen MR) is 70.0 cm³/mol. The highest BCUT2D eigenvalue weighted by molar-refractivity contribution is 7.80. The number of carbonyl (C=O) groups excluding carboxylic acids is 1. The van der Waals surface area contributed by atoms with E-state index in [-0.39, 0.29) is 5.11 Å². The SMILES string of the molecule is C=O.NC(=S)NNCc1nc2ccccc2[nH]1. The third-order valence-electron chi connectivity index (χ3n) is 1.91. The molecule has 0 aliphatic heterocycles. The Morgan fingerprint density at radius 3 is 2.82 bits per heavy atom. The van der Waals surface area contributed by atoms with Crippen LogP contribution in [0, 0.1) is 0 Å². The molecule has 0 spiro atoms. The second-order valence-corrected chi connectivity index (χ2v) is 3.48. The Balaban J connectivity index is 0.000000686. The van der Waals surface area contributed by atoms with Crippen molar-refractivity contribution in [1.29, 1.82) is 0 Å². The van der Waals surface area contributed by atoms with Crippen LogP contribution in [0.25, 0.3) is 11.0 Å². The maximum atomic E-state index is 8.00. The minimum Gasteiger partial charge on any atom is -0.375 e. The maximum absolute atomic E-state index is 8.00. The van der Waals surface area contributed by atoms with E-state index in [1.165, 1.54) is 0 Å². The van der Waals surface area contributed by atoms with Crippen LogP contribution < -0.4 is 16.6 Å². The summed E-state index contributed by atoms with van der Waals surface area (Å²) in [5.74, 6) is 0.833. The molecule has 6 nitrogen and oxygen atoms in total. The van der Waals surface area contributed by atoms with Gasteiger partial charge in [-0.15, -0.1) is 0 Å². The Kier molecular flexibility index (Phi) is 5.05. The van der Waals surface area contributed by atoms with E-state index >= 15 is 0 Å². The van der Waals surface area contributed by atoms with Crippen LogP contribution in [0.2, 0.25) is 0 Å². The third-order valence-corrected chi connectivity index (χ3v) is 2.01. The summed E-state index contributed by atoms with van der Waals surface area (Å²) >= 11 is 4.65. The lowest BCUT2D eigenvalue weighted by atomic mass is 10.3. The average molecular weight is 251 g/mol. The fraction of sp³-hybridized carbons (Fsp3) is 0.100. The number of nitrogens with one attached hydrogen (secondary N) is 3. The van der Waals surface area contributed by atoms with Crippen molar-refractivity contribution in [2.24, 2.45) is 5.73 Å². The number of hydrogen-bond donors (Lipinski definition) is 4. The van der Waals surface area contributed by atoms with Gasteiger partial charge in [0.05, 0.1) is 17.6 Å². The minimum atomic E-state index is 0.214. The van der Waals surface area contributed by atoms with Gasteiger partial charge in [0.1, 0.15) is 12.6 Å². The van der Waals surface area contributed by atoms with Crippen LogP contribution in [0.4, 0.5) is 0 Å². The van der Waals surface area contributed by atoms with Gasteiger partial charge < -0.3 is 15.5 Å². The molecule has 2 aromatic rings. The summed E-state index contributed by atoms with van der Waals surface area (Å²) in [7, 11) is 0. The second kappa shape index (κ2) is 6.56. The van der Waals surface area contributed by atoms with Gasteiger partial charge in [0, 0.05) is 0 Å². The largest absolute Gasteiger partial charge is 0.375 e. The van der Waals surface area contributed by atoms with E-state index in [9.17, 15) is 0 Å². The van der Waals surface area contributed by atoms with Crippen LogP contribution in [0.1, 0.15) is 5.82 Å². The Hall–Kier alpha value is -1.99. The molecule has 0 bridgehead atoms. The number of nitrogens with zero attached hydrogens (tertiary/aromatic N) is 1. The molecule has 90 valence electrons. The van der Waals surface area contributed by atoms with Crippen molar-refractivity contribution >= 4 is 35.2 Å². The van der Waals surface area contributed by atoms with Gasteiger partial charge >= 0.3 is 0 Å². The van der Waals surface area contributed by atoms with E-state index in [1.807, 2.05) is 31.1 Å². The lowest BCUT2D eigenvalue weighted by Crippen LogP contribution is -2.40. The standard InChI is InChI=1S/C9H11N5S.CH2O/c10-9(15)14-11-5-8-12-6-3-1-2-4-7(6)13-8;1-2/h1-4,11H,5H2,(H,12,13)(H3,10,14,15);1H2. The first kappa shape index (κ1) is 13.1. The fourth-order valence-corrected chi connectivity index (χ4v) is 1.38. The Labute approximate surface area is 104 Å². The number of nitrogens with two attached hydrogens (primary N) is 1. The number of thiocarbonyl (C=S) groups is 1. The molecule has 0 amide bonds. The van der Waals surface area contributed by atoms with Crippen molar-refractivity contribution in [1.82, 2.24) is 20.8 Å². The molecule has 2 rings (SSSR count). The summed E-state index contributed by atoms with van der Waals surface area (Å²) in [5.41, 5.74) is 12.7. The number of hydrogen-bond acceptors (Lipinski definition) is 4. The smallest absolute Gasteiger partial charge is 0.178 e. The number of carbonyl (C=O) groups is 1. The van der Waals surface area contributed by atoms with Crippen molar-refractivity contribution < 1.29 is 4.79 Å². The molecule has 1 aromatic carbocycles. The van der Waals surface area contributed by atoms with Crippen LogP contribution in [0.3, 0.4) is 0 Å². The van der Waals surface area contributed by atoms with Crippen molar-refractivity contribution in [3.8, 4) is 0 Å². The number of para-hydroxylation sites is 2. The number of aromatic amines is 1.